The van der Waals surface area contributed by atoms with Crippen molar-refractivity contribution in [3.63, 3.8) is 0 Å². The van der Waals surface area contributed by atoms with Gasteiger partial charge in [-0.2, -0.15) is 4.72 Å². The van der Waals surface area contributed by atoms with Crippen LogP contribution in [0.3, 0.4) is 0 Å². The van der Waals surface area contributed by atoms with E-state index in [1.54, 1.807) is 19.2 Å². The number of hydrogen-bond donors (Lipinski definition) is 2. The van der Waals surface area contributed by atoms with E-state index in [2.05, 4.69) is 10.0 Å². The van der Waals surface area contributed by atoms with Crippen LogP contribution < -0.4 is 19.5 Å². The summed E-state index contributed by atoms with van der Waals surface area (Å²) >= 11 is 6.12. The Morgan fingerprint density at radius 2 is 1.65 bits per heavy atom. The van der Waals surface area contributed by atoms with Crippen molar-refractivity contribution < 1.29 is 22.7 Å². The number of amides is 1. The molecule has 1 amide bonds. The summed E-state index contributed by atoms with van der Waals surface area (Å²) in [4.78, 5) is 13.2. The van der Waals surface area contributed by atoms with E-state index in [0.29, 0.717) is 11.5 Å². The van der Waals surface area contributed by atoms with Gasteiger partial charge in [0.15, 0.2) is 0 Å². The summed E-state index contributed by atoms with van der Waals surface area (Å²) in [6.45, 7) is 1.83. The number of carbonyl (C=O) groups is 1. The van der Waals surface area contributed by atoms with Gasteiger partial charge in [0.25, 0.3) is 0 Å². The second kappa shape index (κ2) is 11.4. The molecule has 3 rings (SSSR count). The second-order valence-corrected chi connectivity index (χ2v) is 9.78. The van der Waals surface area contributed by atoms with Crippen molar-refractivity contribution in [1.82, 2.24) is 10.0 Å². The summed E-state index contributed by atoms with van der Waals surface area (Å²) < 4.78 is 39.0. The highest BCUT2D eigenvalue weighted by atomic mass is 35.5. The molecule has 0 bridgehead atoms. The van der Waals surface area contributed by atoms with Gasteiger partial charge in [-0.15, -0.1) is 0 Å². The Morgan fingerprint density at radius 1 is 0.971 bits per heavy atom. The van der Waals surface area contributed by atoms with E-state index in [1.165, 1.54) is 25.3 Å². The molecule has 0 fully saturated rings. The van der Waals surface area contributed by atoms with Crippen LogP contribution in [0.5, 0.6) is 11.5 Å². The van der Waals surface area contributed by atoms with Crippen LogP contribution >= 0.6 is 11.6 Å². The monoisotopic (exact) mass is 502 g/mol. The molecule has 3 aromatic carbocycles. The van der Waals surface area contributed by atoms with E-state index >= 15 is 0 Å². The maximum Gasteiger partial charge on any atom is 0.241 e. The van der Waals surface area contributed by atoms with Gasteiger partial charge in [-0.05, 0) is 54.8 Å². The zero-order chi connectivity index (χ0) is 24.7. The lowest BCUT2D eigenvalue weighted by atomic mass is 10.0. The average Bonchev–Trinajstić information content (AvgIpc) is 2.84. The third kappa shape index (κ3) is 6.50. The van der Waals surface area contributed by atoms with Gasteiger partial charge in [0.1, 0.15) is 17.5 Å². The number of nitrogens with one attached hydrogen (secondary N) is 2. The zero-order valence-electron chi connectivity index (χ0n) is 19.1. The molecule has 0 aliphatic heterocycles. The molecule has 2 atom stereocenters. The van der Waals surface area contributed by atoms with Gasteiger partial charge < -0.3 is 14.8 Å². The standard InChI is InChI=1S/C25H27ClN2O5S/c1-17(19-9-11-20(32-2)12-10-19)27-25(29)23(15-18-7-5-4-6-8-18)28-34(30,31)21-13-14-24(33-3)22(26)16-21/h4-14,16-17,23,28H,15H2,1-3H3,(H,27,29)/t17-,23+/m1/s1. The number of ether oxygens (including phenoxy) is 2. The highest BCUT2D eigenvalue weighted by Gasteiger charge is 2.27. The summed E-state index contributed by atoms with van der Waals surface area (Å²) in [6.07, 6.45) is 0.172. The van der Waals surface area contributed by atoms with Crippen molar-refractivity contribution in [3.8, 4) is 11.5 Å². The molecule has 0 aliphatic carbocycles. The Labute approximate surface area is 205 Å². The third-order valence-corrected chi connectivity index (χ3v) is 7.07. The molecule has 2 N–H and O–H groups in total. The fourth-order valence-electron chi connectivity index (χ4n) is 3.40. The Morgan fingerprint density at radius 3 is 2.24 bits per heavy atom. The van der Waals surface area contributed by atoms with Crippen molar-refractivity contribution in [2.75, 3.05) is 14.2 Å². The van der Waals surface area contributed by atoms with E-state index < -0.39 is 22.0 Å². The van der Waals surface area contributed by atoms with Crippen LogP contribution in [0.15, 0.2) is 77.7 Å². The number of carbonyl (C=O) groups excluding carboxylic acids is 1. The van der Waals surface area contributed by atoms with Crippen molar-refractivity contribution >= 4 is 27.5 Å². The van der Waals surface area contributed by atoms with Crippen LogP contribution in [0, 0.1) is 0 Å². The summed E-state index contributed by atoms with van der Waals surface area (Å²) in [5.74, 6) is 0.609. The molecular formula is C25H27ClN2O5S. The minimum absolute atomic E-state index is 0.0626. The van der Waals surface area contributed by atoms with Gasteiger partial charge in [0, 0.05) is 0 Å². The maximum atomic E-state index is 13.2. The first kappa shape index (κ1) is 25.6. The van der Waals surface area contributed by atoms with E-state index in [-0.39, 0.29) is 22.4 Å². The molecule has 3 aromatic rings. The lowest BCUT2D eigenvalue weighted by Crippen LogP contribution is -2.48. The molecule has 0 aliphatic rings. The Hall–Kier alpha value is -3.07. The van der Waals surface area contributed by atoms with Gasteiger partial charge in [-0.1, -0.05) is 54.1 Å². The van der Waals surface area contributed by atoms with Gasteiger partial charge in [-0.25, -0.2) is 8.42 Å². The van der Waals surface area contributed by atoms with Crippen molar-refractivity contribution in [2.24, 2.45) is 0 Å². The quantitative estimate of drug-likeness (QED) is 0.435. The molecular weight excluding hydrogens is 476 g/mol. The van der Waals surface area contributed by atoms with E-state index in [4.69, 9.17) is 21.1 Å². The normalized spacial score (nSPS) is 13.1. The molecule has 7 nitrogen and oxygen atoms in total. The number of halogens is 1. The van der Waals surface area contributed by atoms with Crippen LogP contribution in [0.25, 0.3) is 0 Å². The topological polar surface area (TPSA) is 93.7 Å². The Bertz CT molecular complexity index is 1220. The van der Waals surface area contributed by atoms with E-state index in [1.807, 2.05) is 49.4 Å². The lowest BCUT2D eigenvalue weighted by Gasteiger charge is -2.22. The van der Waals surface area contributed by atoms with Crippen molar-refractivity contribution in [3.05, 3.63) is 88.9 Å². The number of rotatable bonds is 10. The van der Waals surface area contributed by atoms with Gasteiger partial charge in [-0.3, -0.25) is 4.79 Å². The third-order valence-electron chi connectivity index (χ3n) is 5.30. The number of benzene rings is 3. The zero-order valence-corrected chi connectivity index (χ0v) is 20.7. The van der Waals surface area contributed by atoms with Gasteiger partial charge in [0.05, 0.1) is 30.2 Å². The summed E-state index contributed by atoms with van der Waals surface area (Å²) in [5.41, 5.74) is 1.67. The second-order valence-electron chi connectivity index (χ2n) is 7.66. The van der Waals surface area contributed by atoms with Crippen LogP contribution in [-0.2, 0) is 21.2 Å². The SMILES string of the molecule is COc1ccc([C@@H](C)NC(=O)[C@H](Cc2ccccc2)NS(=O)(=O)c2ccc(OC)c(Cl)c2)cc1. The van der Waals surface area contributed by atoms with Gasteiger partial charge >= 0.3 is 0 Å². The molecule has 0 saturated heterocycles. The van der Waals surface area contributed by atoms with Crippen molar-refractivity contribution in [2.45, 2.75) is 30.3 Å². The first-order chi connectivity index (χ1) is 16.2. The van der Waals surface area contributed by atoms with Crippen molar-refractivity contribution in [1.29, 1.82) is 0 Å². The lowest BCUT2D eigenvalue weighted by molar-refractivity contribution is -0.123. The molecule has 34 heavy (non-hydrogen) atoms. The van der Waals surface area contributed by atoms with Gasteiger partial charge in [0.2, 0.25) is 15.9 Å². The molecule has 0 spiro atoms. The molecule has 0 radical (unpaired) electrons. The number of sulfonamides is 1. The highest BCUT2D eigenvalue weighted by Crippen LogP contribution is 2.27. The maximum absolute atomic E-state index is 13.2. The summed E-state index contributed by atoms with van der Waals surface area (Å²) in [7, 11) is -1.03. The smallest absolute Gasteiger partial charge is 0.241 e. The molecule has 180 valence electrons. The fourth-order valence-corrected chi connectivity index (χ4v) is 4.94. The fraction of sp³-hybridized carbons (Fsp3) is 0.240. The Balaban J connectivity index is 1.83. The van der Waals surface area contributed by atoms with E-state index in [9.17, 15) is 13.2 Å². The minimum atomic E-state index is -4.05. The van der Waals surface area contributed by atoms with Crippen LogP contribution in [0.4, 0.5) is 0 Å². The number of methoxy groups -OCH3 is 2. The molecule has 0 aromatic heterocycles. The first-order valence-corrected chi connectivity index (χ1v) is 12.4. The Kier molecular flexibility index (Phi) is 8.55. The molecule has 0 heterocycles. The largest absolute Gasteiger partial charge is 0.497 e. The molecule has 9 heteroatoms. The van der Waals surface area contributed by atoms with E-state index in [0.717, 1.165) is 11.1 Å². The number of hydrogen-bond acceptors (Lipinski definition) is 5. The summed E-state index contributed by atoms with van der Waals surface area (Å²) in [5, 5.41) is 3.06. The molecule has 0 unspecified atom stereocenters. The predicted octanol–water partition coefficient (Wildman–Crippen LogP) is 4.12. The predicted molar refractivity (Wildman–Crippen MR) is 132 cm³/mol. The van der Waals surface area contributed by atoms with Crippen LogP contribution in [-0.4, -0.2) is 34.6 Å². The summed E-state index contributed by atoms with van der Waals surface area (Å²) in [6, 6.07) is 19.2. The first-order valence-electron chi connectivity index (χ1n) is 10.6. The average molecular weight is 503 g/mol. The molecule has 0 saturated carbocycles. The van der Waals surface area contributed by atoms with Crippen LogP contribution in [0.2, 0.25) is 5.02 Å². The van der Waals surface area contributed by atoms with Crippen LogP contribution in [0.1, 0.15) is 24.1 Å². The highest BCUT2D eigenvalue weighted by molar-refractivity contribution is 7.89. The minimum Gasteiger partial charge on any atom is -0.497 e.